The minimum absolute atomic E-state index is 0.00651. The van der Waals surface area contributed by atoms with Crippen LogP contribution in [-0.4, -0.2) is 84.5 Å². The Morgan fingerprint density at radius 3 is 2.31 bits per heavy atom. The molecule has 0 bridgehead atoms. The first-order valence-electron chi connectivity index (χ1n) is 17.3. The highest BCUT2D eigenvalue weighted by atomic mass is 35.5. The van der Waals surface area contributed by atoms with Crippen molar-refractivity contribution < 1.29 is 28.7 Å². The highest BCUT2D eigenvalue weighted by molar-refractivity contribution is 6.40. The molecule has 16 nitrogen and oxygen atoms in total. The van der Waals surface area contributed by atoms with E-state index in [9.17, 15) is 24.0 Å². The number of benzene rings is 3. The Kier molecular flexibility index (Phi) is 11.2. The third-order valence-corrected chi connectivity index (χ3v) is 8.66. The van der Waals surface area contributed by atoms with Gasteiger partial charge in [-0.05, 0) is 111 Å². The standard InChI is InChI=1S/C37H39ClN10O6/c1-37(2,3)54-35(52)30-19-23-18-26(12-13-27(23)42-30)40-32(49)29(17-22-7-10-25(11-8-22)41-36(53)47-15-5-4-6-16-47)44-34(51)33(50)43-28-20-24(38)9-14-31(28)48-21-39-45-46-48/h7-14,18-21,29,42H,4-6,15-17H2,1-3H3,(H,40,49)(H,41,53)(H,43,50)(H,44,51). The van der Waals surface area contributed by atoms with Crippen molar-refractivity contribution in [3.05, 3.63) is 89.3 Å². The van der Waals surface area contributed by atoms with Crippen LogP contribution in [0.3, 0.4) is 0 Å². The fourth-order valence-electron chi connectivity index (χ4n) is 5.83. The molecule has 3 aromatic carbocycles. The first-order chi connectivity index (χ1) is 25.8. The van der Waals surface area contributed by atoms with E-state index in [2.05, 4.69) is 41.8 Å². The van der Waals surface area contributed by atoms with E-state index in [0.29, 0.717) is 46.6 Å². The zero-order valence-corrected chi connectivity index (χ0v) is 30.6. The predicted octanol–water partition coefficient (Wildman–Crippen LogP) is 5.07. The lowest BCUT2D eigenvalue weighted by atomic mass is 10.0. The van der Waals surface area contributed by atoms with Gasteiger partial charge in [-0.25, -0.2) is 9.59 Å². The average molecular weight is 755 g/mol. The van der Waals surface area contributed by atoms with Crippen molar-refractivity contribution in [2.75, 3.05) is 29.0 Å². The zero-order chi connectivity index (χ0) is 38.4. The summed E-state index contributed by atoms with van der Waals surface area (Å²) in [7, 11) is 0. The number of tetrazole rings is 1. The molecule has 5 N–H and O–H groups in total. The van der Waals surface area contributed by atoms with Crippen molar-refractivity contribution in [1.82, 2.24) is 35.4 Å². The van der Waals surface area contributed by atoms with E-state index in [4.69, 9.17) is 16.3 Å². The molecular weight excluding hydrogens is 716 g/mol. The van der Waals surface area contributed by atoms with Gasteiger partial charge in [0.1, 0.15) is 23.7 Å². The number of ether oxygens (including phenoxy) is 1. The van der Waals surface area contributed by atoms with Gasteiger partial charge in [0.2, 0.25) is 5.91 Å². The lowest BCUT2D eigenvalue weighted by Gasteiger charge is -2.26. The summed E-state index contributed by atoms with van der Waals surface area (Å²) in [6, 6.07) is 16.7. The number of hydrogen-bond acceptors (Lipinski definition) is 9. The van der Waals surface area contributed by atoms with E-state index in [1.54, 1.807) is 86.3 Å². The van der Waals surface area contributed by atoms with Gasteiger partial charge in [-0.15, -0.1) is 5.10 Å². The topological polar surface area (TPSA) is 205 Å². The monoisotopic (exact) mass is 754 g/mol. The van der Waals surface area contributed by atoms with Crippen LogP contribution in [0.4, 0.5) is 21.9 Å². The van der Waals surface area contributed by atoms with Crippen LogP contribution in [0, 0.1) is 0 Å². The molecule has 0 spiro atoms. The molecule has 1 aliphatic rings. The second-order valence-electron chi connectivity index (χ2n) is 13.8. The molecule has 3 heterocycles. The summed E-state index contributed by atoms with van der Waals surface area (Å²) in [5.41, 5.74) is 2.31. The lowest BCUT2D eigenvalue weighted by Crippen LogP contribution is -2.49. The van der Waals surface area contributed by atoms with Gasteiger partial charge in [-0.1, -0.05) is 23.7 Å². The summed E-state index contributed by atoms with van der Waals surface area (Å²) < 4.78 is 6.75. The summed E-state index contributed by atoms with van der Waals surface area (Å²) in [6.45, 7) is 6.72. The number of aromatic amines is 1. The second kappa shape index (κ2) is 16.2. The van der Waals surface area contributed by atoms with Gasteiger partial charge in [-0.2, -0.15) is 4.68 Å². The van der Waals surface area contributed by atoms with Crippen LogP contribution >= 0.6 is 11.6 Å². The van der Waals surface area contributed by atoms with Gasteiger partial charge in [0, 0.05) is 46.8 Å². The Morgan fingerprint density at radius 2 is 1.61 bits per heavy atom. The highest BCUT2D eigenvalue weighted by Crippen LogP contribution is 2.25. The maximum absolute atomic E-state index is 13.8. The third kappa shape index (κ3) is 9.57. The number of H-pyrrole nitrogens is 1. The Morgan fingerprint density at radius 1 is 0.870 bits per heavy atom. The van der Waals surface area contributed by atoms with Gasteiger partial charge in [0.05, 0.1) is 11.4 Å². The van der Waals surface area contributed by atoms with E-state index < -0.39 is 35.3 Å². The molecule has 6 rings (SSSR count). The molecule has 0 aliphatic carbocycles. The lowest BCUT2D eigenvalue weighted by molar-refractivity contribution is -0.137. The first kappa shape index (κ1) is 37.5. The summed E-state index contributed by atoms with van der Waals surface area (Å²) in [4.78, 5) is 70.6. The number of likely N-dealkylation sites (tertiary alicyclic amines) is 1. The molecule has 1 saturated heterocycles. The molecule has 280 valence electrons. The molecule has 1 unspecified atom stereocenters. The number of nitrogens with one attached hydrogen (secondary N) is 5. The van der Waals surface area contributed by atoms with Crippen molar-refractivity contribution in [2.45, 2.75) is 58.1 Å². The SMILES string of the molecule is CC(C)(C)OC(=O)c1cc2cc(NC(=O)C(Cc3ccc(NC(=O)N4CCCCC4)cc3)NC(=O)C(=O)Nc3cc(Cl)ccc3-n3cnnn3)ccc2[nH]1. The van der Waals surface area contributed by atoms with Crippen molar-refractivity contribution in [2.24, 2.45) is 0 Å². The van der Waals surface area contributed by atoms with Gasteiger partial charge >= 0.3 is 23.8 Å². The van der Waals surface area contributed by atoms with Gasteiger partial charge in [0.15, 0.2) is 0 Å². The van der Waals surface area contributed by atoms with Crippen LogP contribution in [0.1, 0.15) is 56.1 Å². The second-order valence-corrected chi connectivity index (χ2v) is 14.2. The van der Waals surface area contributed by atoms with Crippen LogP contribution in [0.2, 0.25) is 5.02 Å². The molecule has 1 aliphatic heterocycles. The molecule has 17 heteroatoms. The number of nitrogens with zero attached hydrogens (tertiary/aromatic N) is 5. The normalized spacial score (nSPS) is 13.5. The number of urea groups is 1. The van der Waals surface area contributed by atoms with Gasteiger partial charge in [-0.3, -0.25) is 14.4 Å². The molecule has 0 radical (unpaired) electrons. The van der Waals surface area contributed by atoms with Crippen LogP contribution in [0.5, 0.6) is 0 Å². The van der Waals surface area contributed by atoms with E-state index in [1.807, 2.05) is 0 Å². The smallest absolute Gasteiger partial charge is 0.355 e. The Bertz CT molecular complexity index is 2170. The average Bonchev–Trinajstić information content (AvgIpc) is 3.83. The number of rotatable bonds is 9. The fourth-order valence-corrected chi connectivity index (χ4v) is 6.01. The van der Waals surface area contributed by atoms with Crippen LogP contribution < -0.4 is 21.3 Å². The molecule has 5 aromatic rings. The highest BCUT2D eigenvalue weighted by Gasteiger charge is 2.27. The van der Waals surface area contributed by atoms with Crippen LogP contribution in [-0.2, 0) is 25.5 Å². The van der Waals surface area contributed by atoms with Crippen molar-refractivity contribution >= 4 is 69.3 Å². The van der Waals surface area contributed by atoms with Gasteiger partial charge < -0.3 is 35.9 Å². The molecule has 54 heavy (non-hydrogen) atoms. The van der Waals surface area contributed by atoms with E-state index in [1.165, 1.54) is 17.1 Å². The number of carbonyl (C=O) groups is 5. The Hall–Kier alpha value is -6.29. The number of esters is 1. The van der Waals surface area contributed by atoms with E-state index in [0.717, 1.165) is 19.3 Å². The molecule has 0 saturated carbocycles. The number of piperidine rings is 1. The predicted molar refractivity (Wildman–Crippen MR) is 201 cm³/mol. The summed E-state index contributed by atoms with van der Waals surface area (Å²) in [5, 5.41) is 22.8. The maximum Gasteiger partial charge on any atom is 0.355 e. The van der Waals surface area contributed by atoms with Crippen molar-refractivity contribution in [3.8, 4) is 5.69 Å². The Labute approximate surface area is 314 Å². The maximum atomic E-state index is 13.8. The van der Waals surface area contributed by atoms with Crippen molar-refractivity contribution in [1.29, 1.82) is 0 Å². The molecular formula is C37H39ClN10O6. The fraction of sp³-hybridized carbons (Fsp3) is 0.297. The van der Waals surface area contributed by atoms with Crippen molar-refractivity contribution in [3.63, 3.8) is 0 Å². The van der Waals surface area contributed by atoms with Gasteiger partial charge in [0.25, 0.3) is 0 Å². The Balaban J connectivity index is 1.19. The van der Waals surface area contributed by atoms with Crippen LogP contribution in [0.15, 0.2) is 73.1 Å². The molecule has 1 fully saturated rings. The first-order valence-corrected chi connectivity index (χ1v) is 17.7. The number of fused-ring (bicyclic) bond motifs is 1. The summed E-state index contributed by atoms with van der Waals surface area (Å²) >= 11 is 6.18. The minimum Gasteiger partial charge on any atom is -0.455 e. The largest absolute Gasteiger partial charge is 0.455 e. The molecule has 2 aromatic heterocycles. The zero-order valence-electron chi connectivity index (χ0n) is 29.8. The van der Waals surface area contributed by atoms with Crippen LogP contribution in [0.25, 0.3) is 16.6 Å². The number of amides is 5. The molecule has 1 atom stereocenters. The summed E-state index contributed by atoms with van der Waals surface area (Å²) in [5.74, 6) is -3.29. The number of halogens is 1. The van der Waals surface area contributed by atoms with E-state index in [-0.39, 0.29) is 28.9 Å². The third-order valence-electron chi connectivity index (χ3n) is 8.43. The minimum atomic E-state index is -1.23. The quantitative estimate of drug-likeness (QED) is 0.100. The number of hydrogen-bond donors (Lipinski definition) is 5. The number of carbonyl (C=O) groups excluding carboxylic acids is 5. The number of aromatic nitrogens is 5. The van der Waals surface area contributed by atoms with E-state index >= 15 is 0 Å². The molecule has 5 amide bonds. The number of anilines is 3. The summed E-state index contributed by atoms with van der Waals surface area (Å²) in [6.07, 6.45) is 4.33.